The summed E-state index contributed by atoms with van der Waals surface area (Å²) in [7, 11) is 2.60. The predicted molar refractivity (Wildman–Crippen MR) is 117 cm³/mol. The van der Waals surface area contributed by atoms with Gasteiger partial charge in [-0.25, -0.2) is 14.6 Å². The number of carbonyl (C=O) groups excluding carboxylic acids is 2. The van der Waals surface area contributed by atoms with Crippen LogP contribution in [0.1, 0.15) is 29.1 Å². The molecule has 1 aromatic carbocycles. The number of benzene rings is 1. The molecule has 0 radical (unpaired) electrons. The van der Waals surface area contributed by atoms with E-state index in [2.05, 4.69) is 11.1 Å². The van der Waals surface area contributed by atoms with Gasteiger partial charge in [-0.3, -0.25) is 4.90 Å². The summed E-state index contributed by atoms with van der Waals surface area (Å²) in [5.41, 5.74) is 8.08. The second-order valence-electron chi connectivity index (χ2n) is 6.86. The van der Waals surface area contributed by atoms with Crippen LogP contribution in [0.25, 0.3) is 11.3 Å². The molecule has 0 saturated heterocycles. The maximum atomic E-state index is 12.6. The molecule has 2 N–H and O–H groups in total. The number of hydrogen-bond donors (Lipinski definition) is 1. The molecule has 9 nitrogen and oxygen atoms in total. The Balaban J connectivity index is 1.77. The first kappa shape index (κ1) is 21.3. The van der Waals surface area contributed by atoms with E-state index >= 15 is 0 Å². The van der Waals surface area contributed by atoms with Gasteiger partial charge in [-0.15, -0.1) is 0 Å². The van der Waals surface area contributed by atoms with Gasteiger partial charge in [-0.1, -0.05) is 12.1 Å². The van der Waals surface area contributed by atoms with Gasteiger partial charge < -0.3 is 19.6 Å². The number of esters is 2. The molecule has 2 aliphatic rings. The summed E-state index contributed by atoms with van der Waals surface area (Å²) in [5, 5.41) is 9.89. The highest BCUT2D eigenvalue weighted by atomic mass is 32.2. The molecule has 0 saturated carbocycles. The average Bonchev–Trinajstić information content (AvgIpc) is 3.42. The number of hydrogen-bond acceptors (Lipinski definition) is 10. The topological polar surface area (TPSA) is 131 Å². The summed E-state index contributed by atoms with van der Waals surface area (Å²) in [5.74, 6) is 0.134. The SMILES string of the molecule is COC(=O)C1=C(C)N=C2SC(C#N)=C(N)N2[C@@H]1c1ccc(-c2ccc(C(=O)OC)cc2)o1. The van der Waals surface area contributed by atoms with E-state index in [0.717, 1.165) is 17.3 Å². The van der Waals surface area contributed by atoms with Crippen molar-refractivity contribution in [2.75, 3.05) is 14.2 Å². The van der Waals surface area contributed by atoms with Crippen molar-refractivity contribution in [1.29, 1.82) is 5.26 Å². The third-order valence-electron chi connectivity index (χ3n) is 5.07. The van der Waals surface area contributed by atoms with Crippen LogP contribution in [0.3, 0.4) is 0 Å². The molecule has 0 amide bonds. The Morgan fingerprint density at radius 1 is 1.16 bits per heavy atom. The fourth-order valence-electron chi connectivity index (χ4n) is 3.52. The summed E-state index contributed by atoms with van der Waals surface area (Å²) in [6.07, 6.45) is 0. The van der Waals surface area contributed by atoms with E-state index in [1.807, 2.05) is 0 Å². The first-order valence-electron chi connectivity index (χ1n) is 9.42. The zero-order chi connectivity index (χ0) is 23.0. The highest BCUT2D eigenvalue weighted by molar-refractivity contribution is 8.17. The van der Waals surface area contributed by atoms with Crippen molar-refractivity contribution in [3.05, 3.63) is 69.7 Å². The van der Waals surface area contributed by atoms with E-state index in [1.54, 1.807) is 48.2 Å². The van der Waals surface area contributed by atoms with Crippen LogP contribution in [0.5, 0.6) is 0 Å². The van der Waals surface area contributed by atoms with Crippen molar-refractivity contribution in [3.8, 4) is 17.4 Å². The summed E-state index contributed by atoms with van der Waals surface area (Å²) in [6.45, 7) is 1.69. The zero-order valence-electron chi connectivity index (χ0n) is 17.4. The summed E-state index contributed by atoms with van der Waals surface area (Å²) in [6, 6.07) is 11.5. The minimum Gasteiger partial charge on any atom is -0.466 e. The molecular weight excluding hydrogens is 432 g/mol. The molecule has 2 aliphatic heterocycles. The van der Waals surface area contributed by atoms with Crippen LogP contribution in [-0.2, 0) is 14.3 Å². The quantitative estimate of drug-likeness (QED) is 0.697. The minimum atomic E-state index is -0.753. The second kappa shape index (κ2) is 8.28. The maximum absolute atomic E-state index is 12.6. The first-order valence-corrected chi connectivity index (χ1v) is 10.2. The zero-order valence-corrected chi connectivity index (χ0v) is 18.2. The van der Waals surface area contributed by atoms with Gasteiger partial charge in [0.1, 0.15) is 34.4 Å². The Bertz CT molecular complexity index is 1250. The van der Waals surface area contributed by atoms with Crippen LogP contribution in [0.15, 0.2) is 67.8 Å². The number of nitrogens with zero attached hydrogens (tertiary/aromatic N) is 3. The number of nitrogens with two attached hydrogens (primary N) is 1. The Morgan fingerprint density at radius 3 is 2.47 bits per heavy atom. The molecule has 32 heavy (non-hydrogen) atoms. The van der Waals surface area contributed by atoms with Crippen molar-refractivity contribution in [3.63, 3.8) is 0 Å². The van der Waals surface area contributed by atoms with Crippen LogP contribution in [-0.4, -0.2) is 36.2 Å². The maximum Gasteiger partial charge on any atom is 0.338 e. The van der Waals surface area contributed by atoms with E-state index in [0.29, 0.717) is 27.9 Å². The average molecular weight is 450 g/mol. The van der Waals surface area contributed by atoms with Gasteiger partial charge in [-0.2, -0.15) is 5.26 Å². The lowest BCUT2D eigenvalue weighted by Gasteiger charge is -2.33. The number of methoxy groups -OCH3 is 2. The van der Waals surface area contributed by atoms with Crippen LogP contribution >= 0.6 is 11.8 Å². The molecule has 2 aromatic rings. The Labute approximate surface area is 187 Å². The molecule has 162 valence electrons. The number of fused-ring (bicyclic) bond motifs is 1. The smallest absolute Gasteiger partial charge is 0.338 e. The van der Waals surface area contributed by atoms with Gasteiger partial charge in [0.15, 0.2) is 5.17 Å². The van der Waals surface area contributed by atoms with Gasteiger partial charge in [0.25, 0.3) is 0 Å². The molecule has 3 heterocycles. The lowest BCUT2D eigenvalue weighted by molar-refractivity contribution is -0.136. The number of ether oxygens (including phenoxy) is 2. The molecule has 0 spiro atoms. The number of thioether (sulfide) groups is 1. The molecule has 0 bridgehead atoms. The highest BCUT2D eigenvalue weighted by Gasteiger charge is 2.44. The molecule has 0 fully saturated rings. The molecule has 10 heteroatoms. The predicted octanol–water partition coefficient (Wildman–Crippen LogP) is 3.29. The van der Waals surface area contributed by atoms with Gasteiger partial charge in [0.2, 0.25) is 0 Å². The van der Waals surface area contributed by atoms with Crippen LogP contribution < -0.4 is 5.73 Å². The van der Waals surface area contributed by atoms with Crippen molar-refractivity contribution in [2.45, 2.75) is 13.0 Å². The van der Waals surface area contributed by atoms with Crippen LogP contribution in [0.4, 0.5) is 0 Å². The normalized spacial score (nSPS) is 17.6. The fourth-order valence-corrected chi connectivity index (χ4v) is 4.44. The van der Waals surface area contributed by atoms with Crippen molar-refractivity contribution < 1.29 is 23.5 Å². The van der Waals surface area contributed by atoms with E-state index in [9.17, 15) is 14.9 Å². The van der Waals surface area contributed by atoms with Gasteiger partial charge in [0, 0.05) is 5.56 Å². The molecule has 1 atom stereocenters. The summed E-state index contributed by atoms with van der Waals surface area (Å²) < 4.78 is 15.8. The second-order valence-corrected chi connectivity index (χ2v) is 7.83. The standard InChI is InChI=1S/C22H18N4O5S/c1-11-17(21(28)30-3)18(26-19(24)16(10-23)32-22(26)25-11)15-9-8-14(31-15)12-4-6-13(7-5-12)20(27)29-2/h4-9,18H,24H2,1-3H3/t18-/m1/s1. The number of furan rings is 1. The lowest BCUT2D eigenvalue weighted by atomic mass is 10.00. The summed E-state index contributed by atoms with van der Waals surface area (Å²) >= 11 is 1.13. The van der Waals surface area contributed by atoms with E-state index in [-0.39, 0.29) is 16.3 Å². The summed E-state index contributed by atoms with van der Waals surface area (Å²) in [4.78, 5) is 30.6. The Hall–Kier alpha value is -3.97. The molecule has 0 unspecified atom stereocenters. The Kier molecular flexibility index (Phi) is 5.50. The highest BCUT2D eigenvalue weighted by Crippen LogP contribution is 2.46. The number of nitriles is 1. The number of carbonyl (C=O) groups is 2. The van der Waals surface area contributed by atoms with Crippen LogP contribution in [0.2, 0.25) is 0 Å². The van der Waals surface area contributed by atoms with E-state index in [1.165, 1.54) is 14.2 Å². The van der Waals surface area contributed by atoms with E-state index in [4.69, 9.17) is 19.6 Å². The number of aliphatic imine (C=N–C) groups is 1. The largest absolute Gasteiger partial charge is 0.466 e. The number of rotatable bonds is 4. The fraction of sp³-hybridized carbons (Fsp3) is 0.182. The Morgan fingerprint density at radius 2 is 1.84 bits per heavy atom. The first-order chi connectivity index (χ1) is 15.4. The van der Waals surface area contributed by atoms with Gasteiger partial charge in [-0.05, 0) is 43.0 Å². The molecule has 0 aliphatic carbocycles. The third-order valence-corrected chi connectivity index (χ3v) is 6.05. The van der Waals surface area contributed by atoms with Crippen LogP contribution in [0, 0.1) is 11.3 Å². The van der Waals surface area contributed by atoms with Gasteiger partial charge >= 0.3 is 11.9 Å². The number of allylic oxidation sites excluding steroid dienone is 2. The monoisotopic (exact) mass is 450 g/mol. The van der Waals surface area contributed by atoms with Gasteiger partial charge in [0.05, 0.1) is 31.1 Å². The van der Waals surface area contributed by atoms with Crippen molar-refractivity contribution in [2.24, 2.45) is 10.7 Å². The van der Waals surface area contributed by atoms with E-state index < -0.39 is 18.0 Å². The minimum absolute atomic E-state index is 0.190. The lowest BCUT2D eigenvalue weighted by Crippen LogP contribution is -2.38. The van der Waals surface area contributed by atoms with Crippen molar-refractivity contribution in [1.82, 2.24) is 4.90 Å². The molecule has 4 rings (SSSR count). The molecule has 1 aromatic heterocycles. The van der Waals surface area contributed by atoms with Crippen molar-refractivity contribution >= 4 is 28.9 Å². The molecular formula is C22H18N4O5S. The number of amidine groups is 1. The third kappa shape index (κ3) is 3.42.